The van der Waals surface area contributed by atoms with Crippen molar-refractivity contribution in [1.29, 1.82) is 0 Å². The maximum absolute atomic E-state index is 12.7. The average Bonchev–Trinajstić information content (AvgIpc) is 3.48. The van der Waals surface area contributed by atoms with E-state index in [4.69, 9.17) is 0 Å². The predicted octanol–water partition coefficient (Wildman–Crippen LogP) is 4.59. The van der Waals surface area contributed by atoms with Gasteiger partial charge in [0.2, 0.25) is 0 Å². The van der Waals surface area contributed by atoms with Gasteiger partial charge in [-0.15, -0.1) is 11.3 Å². The number of hydrogen-bond acceptors (Lipinski definition) is 5. The molecule has 0 aliphatic carbocycles. The van der Waals surface area contributed by atoms with E-state index < -0.39 is 0 Å². The molecule has 1 amide bonds. The van der Waals surface area contributed by atoms with E-state index >= 15 is 0 Å². The van der Waals surface area contributed by atoms with Crippen molar-refractivity contribution in [3.05, 3.63) is 83.4 Å². The molecule has 0 unspecified atom stereocenters. The first-order valence-electron chi connectivity index (χ1n) is 9.61. The zero-order chi connectivity index (χ0) is 20.9. The normalized spacial score (nSPS) is 11.4. The lowest BCUT2D eigenvalue weighted by Crippen LogP contribution is -2.17. The highest BCUT2D eigenvalue weighted by Crippen LogP contribution is 2.19. The monoisotopic (exact) mass is 418 g/mol. The fourth-order valence-electron chi connectivity index (χ4n) is 2.92. The van der Waals surface area contributed by atoms with Gasteiger partial charge in [0.15, 0.2) is 5.13 Å². The van der Waals surface area contributed by atoms with Gasteiger partial charge in [0.1, 0.15) is 5.69 Å². The van der Waals surface area contributed by atoms with E-state index in [2.05, 4.69) is 34.1 Å². The number of carbonyl (C=O) groups excluding carboxylic acids is 1. The molecule has 0 saturated heterocycles. The molecule has 0 aromatic carbocycles. The average molecular weight is 419 g/mol. The van der Waals surface area contributed by atoms with Crippen LogP contribution in [0.5, 0.6) is 0 Å². The number of hydrogen-bond donors (Lipinski definition) is 1. The van der Waals surface area contributed by atoms with E-state index in [1.807, 2.05) is 63.6 Å². The van der Waals surface area contributed by atoms with Crippen molar-refractivity contribution in [1.82, 2.24) is 24.1 Å². The lowest BCUT2D eigenvalue weighted by atomic mass is 10.2. The van der Waals surface area contributed by atoms with Gasteiger partial charge in [0, 0.05) is 42.8 Å². The minimum atomic E-state index is -0.186. The Kier molecular flexibility index (Phi) is 5.85. The molecule has 0 atom stereocenters. The van der Waals surface area contributed by atoms with Crippen molar-refractivity contribution in [3.63, 3.8) is 0 Å². The first kappa shape index (κ1) is 19.8. The molecule has 152 valence electrons. The minimum absolute atomic E-state index is 0.186. The van der Waals surface area contributed by atoms with Crippen molar-refractivity contribution in [3.8, 4) is 0 Å². The Morgan fingerprint density at radius 3 is 2.77 bits per heavy atom. The molecule has 4 aromatic rings. The van der Waals surface area contributed by atoms with Crippen LogP contribution in [0.4, 0.5) is 5.13 Å². The van der Waals surface area contributed by atoms with E-state index in [1.165, 1.54) is 11.3 Å². The Bertz CT molecular complexity index is 1160. The summed E-state index contributed by atoms with van der Waals surface area (Å²) in [6.45, 7) is 4.82. The fourth-order valence-corrected chi connectivity index (χ4v) is 3.59. The van der Waals surface area contributed by atoms with Crippen molar-refractivity contribution in [2.24, 2.45) is 0 Å². The highest BCUT2D eigenvalue weighted by molar-refractivity contribution is 7.14. The molecule has 0 bridgehead atoms. The van der Waals surface area contributed by atoms with Gasteiger partial charge in [0.05, 0.1) is 17.7 Å². The maximum atomic E-state index is 12.7. The van der Waals surface area contributed by atoms with E-state index in [0.717, 1.165) is 17.0 Å². The molecule has 0 spiro atoms. The van der Waals surface area contributed by atoms with Crippen LogP contribution < -0.4 is 5.32 Å². The molecule has 0 radical (unpaired) electrons. The summed E-state index contributed by atoms with van der Waals surface area (Å²) in [7, 11) is 0. The van der Waals surface area contributed by atoms with Crippen LogP contribution in [0, 0.1) is 0 Å². The molecular weight excluding hydrogens is 396 g/mol. The zero-order valence-electron chi connectivity index (χ0n) is 16.8. The van der Waals surface area contributed by atoms with Gasteiger partial charge in [0.25, 0.3) is 5.91 Å². The van der Waals surface area contributed by atoms with E-state index in [9.17, 15) is 4.79 Å². The smallest absolute Gasteiger partial charge is 0.274 e. The highest BCUT2D eigenvalue weighted by Gasteiger charge is 2.13. The fraction of sp³-hybridized carbons (Fsp3) is 0.182. The molecule has 30 heavy (non-hydrogen) atoms. The first-order valence-corrected chi connectivity index (χ1v) is 10.5. The van der Waals surface area contributed by atoms with Gasteiger partial charge in [-0.05, 0) is 55.8 Å². The standard InChI is InChI=1S/C22H22N6OS/c1-16(2)28-13-18(24-15-28)5-6-19-14-30-22(25-19)26-21(29)20-4-3-11-27(20)12-17-7-9-23-10-8-17/h3-11,13-16H,12H2,1-2H3,(H,25,26,29). The number of nitrogens with zero attached hydrogens (tertiary/aromatic N) is 5. The molecule has 0 saturated carbocycles. The summed E-state index contributed by atoms with van der Waals surface area (Å²) in [5.41, 5.74) is 3.31. The second kappa shape index (κ2) is 8.87. The third-order valence-electron chi connectivity index (χ3n) is 4.55. The summed E-state index contributed by atoms with van der Waals surface area (Å²) in [6, 6.07) is 7.91. The van der Waals surface area contributed by atoms with Gasteiger partial charge >= 0.3 is 0 Å². The number of rotatable bonds is 7. The van der Waals surface area contributed by atoms with Crippen LogP contribution in [0.1, 0.15) is 47.3 Å². The number of carbonyl (C=O) groups is 1. The van der Waals surface area contributed by atoms with Crippen molar-refractivity contribution in [2.75, 3.05) is 5.32 Å². The third-order valence-corrected chi connectivity index (χ3v) is 5.33. The Hall–Kier alpha value is -3.52. The molecule has 7 nitrogen and oxygen atoms in total. The van der Waals surface area contributed by atoms with Gasteiger partial charge in [-0.2, -0.15) is 0 Å². The van der Waals surface area contributed by atoms with Crippen LogP contribution >= 0.6 is 11.3 Å². The van der Waals surface area contributed by atoms with Crippen LogP contribution in [-0.4, -0.2) is 30.0 Å². The summed E-state index contributed by atoms with van der Waals surface area (Å²) in [5.74, 6) is -0.186. The third kappa shape index (κ3) is 4.72. The molecular formula is C22H22N6OS. The van der Waals surface area contributed by atoms with Crippen molar-refractivity contribution >= 4 is 34.5 Å². The Morgan fingerprint density at radius 1 is 1.20 bits per heavy atom. The van der Waals surface area contributed by atoms with Crippen LogP contribution in [0.25, 0.3) is 12.2 Å². The van der Waals surface area contributed by atoms with Gasteiger partial charge < -0.3 is 9.13 Å². The molecule has 0 aliphatic heterocycles. The van der Waals surface area contributed by atoms with Crippen molar-refractivity contribution < 1.29 is 4.79 Å². The number of aromatic nitrogens is 5. The van der Waals surface area contributed by atoms with Gasteiger partial charge in [-0.25, -0.2) is 9.97 Å². The zero-order valence-corrected chi connectivity index (χ0v) is 17.6. The van der Waals surface area contributed by atoms with Crippen molar-refractivity contribution in [2.45, 2.75) is 26.4 Å². The second-order valence-corrected chi connectivity index (χ2v) is 7.94. The molecule has 0 aliphatic rings. The highest BCUT2D eigenvalue weighted by atomic mass is 32.1. The molecule has 4 rings (SSSR count). The SMILES string of the molecule is CC(C)n1cnc(C=Cc2csc(NC(=O)c3cccn3Cc3ccncc3)n2)c1. The number of imidazole rings is 1. The van der Waals surface area contributed by atoms with Crippen LogP contribution in [0.15, 0.2) is 60.8 Å². The number of anilines is 1. The minimum Gasteiger partial charge on any atom is -0.339 e. The first-order chi connectivity index (χ1) is 14.6. The number of amides is 1. The number of pyridine rings is 1. The van der Waals surface area contributed by atoms with Crippen LogP contribution in [-0.2, 0) is 6.54 Å². The summed E-state index contributed by atoms with van der Waals surface area (Å²) in [4.78, 5) is 25.6. The van der Waals surface area contributed by atoms with Crippen LogP contribution in [0.3, 0.4) is 0 Å². The van der Waals surface area contributed by atoms with E-state index in [1.54, 1.807) is 18.5 Å². The lowest BCUT2D eigenvalue weighted by Gasteiger charge is -2.08. The quantitative estimate of drug-likeness (QED) is 0.476. The molecule has 0 fully saturated rings. The summed E-state index contributed by atoms with van der Waals surface area (Å²) < 4.78 is 3.96. The Morgan fingerprint density at radius 2 is 2.00 bits per heavy atom. The topological polar surface area (TPSA) is 77.6 Å². The summed E-state index contributed by atoms with van der Waals surface area (Å²) in [6.07, 6.45) is 13.0. The summed E-state index contributed by atoms with van der Waals surface area (Å²) >= 11 is 1.39. The molecule has 8 heteroatoms. The van der Waals surface area contributed by atoms with Gasteiger partial charge in [-0.1, -0.05) is 0 Å². The largest absolute Gasteiger partial charge is 0.339 e. The number of thiazole rings is 1. The van der Waals surface area contributed by atoms with E-state index in [0.29, 0.717) is 23.4 Å². The predicted molar refractivity (Wildman–Crippen MR) is 119 cm³/mol. The van der Waals surface area contributed by atoms with Gasteiger partial charge in [-0.3, -0.25) is 15.1 Å². The number of nitrogens with one attached hydrogen (secondary N) is 1. The maximum Gasteiger partial charge on any atom is 0.274 e. The van der Waals surface area contributed by atoms with E-state index in [-0.39, 0.29) is 5.91 Å². The summed E-state index contributed by atoms with van der Waals surface area (Å²) in [5, 5.41) is 5.35. The molecule has 1 N–H and O–H groups in total. The lowest BCUT2D eigenvalue weighted by molar-refractivity contribution is 0.101. The Labute approximate surface area is 178 Å². The Balaban J connectivity index is 1.41. The molecule has 4 aromatic heterocycles. The van der Waals surface area contributed by atoms with Crippen LogP contribution in [0.2, 0.25) is 0 Å². The molecule has 4 heterocycles. The second-order valence-electron chi connectivity index (χ2n) is 7.08.